The second kappa shape index (κ2) is 8.23. The fraction of sp³-hybridized carbons (Fsp3) is 0.154. The van der Waals surface area contributed by atoms with Crippen LogP contribution in [0.3, 0.4) is 0 Å². The van der Waals surface area contributed by atoms with Crippen molar-refractivity contribution >= 4 is 34.2 Å². The van der Waals surface area contributed by atoms with Crippen LogP contribution in [0, 0.1) is 0 Å². The quantitative estimate of drug-likeness (QED) is 0.496. The normalized spacial score (nSPS) is 12.6. The van der Waals surface area contributed by atoms with E-state index in [1.807, 2.05) is 35.2 Å². The van der Waals surface area contributed by atoms with E-state index in [9.17, 15) is 9.59 Å². The van der Waals surface area contributed by atoms with E-state index in [1.165, 1.54) is 5.56 Å². The summed E-state index contributed by atoms with van der Waals surface area (Å²) in [6, 6.07) is 20.5. The first kappa shape index (κ1) is 19.9. The largest absolute Gasteiger partial charge is 0.497 e. The van der Waals surface area contributed by atoms with Gasteiger partial charge in [-0.15, -0.1) is 0 Å². The molecular weight excluding hydrogens is 404 g/mol. The number of fused-ring (bicyclic) bond motifs is 2. The highest BCUT2D eigenvalue weighted by Gasteiger charge is 2.25. The van der Waals surface area contributed by atoms with Crippen LogP contribution in [-0.2, 0) is 17.6 Å². The Bertz CT molecular complexity index is 1310. The lowest BCUT2D eigenvalue weighted by atomic mass is 10.1. The van der Waals surface area contributed by atoms with Crippen molar-refractivity contribution in [1.29, 1.82) is 0 Å². The Hall–Kier alpha value is -4.06. The standard InChI is InChI=1S/C26H22N2O4/c1-31-21-10-11-22-19(16-32-24(22)15-21)14-25(29)27-20-8-6-18(7-9-20)26(30)28-13-12-17-4-2-3-5-23(17)28/h2-11,15-16H,12-14H2,1H3,(H,27,29). The summed E-state index contributed by atoms with van der Waals surface area (Å²) in [6.45, 7) is 0.682. The number of methoxy groups -OCH3 is 1. The van der Waals surface area contributed by atoms with Crippen molar-refractivity contribution in [2.75, 3.05) is 23.9 Å². The number of amides is 2. The second-order valence-corrected chi connectivity index (χ2v) is 7.76. The van der Waals surface area contributed by atoms with Gasteiger partial charge in [-0.2, -0.15) is 0 Å². The SMILES string of the molecule is COc1ccc2c(CC(=O)Nc3ccc(C(=O)N4CCc5ccccc54)cc3)coc2c1. The number of nitrogens with zero attached hydrogens (tertiary/aromatic N) is 1. The van der Waals surface area contributed by atoms with Crippen molar-refractivity contribution < 1.29 is 18.7 Å². The fourth-order valence-electron chi connectivity index (χ4n) is 4.11. The van der Waals surface area contributed by atoms with Crippen molar-refractivity contribution in [2.45, 2.75) is 12.8 Å². The summed E-state index contributed by atoms with van der Waals surface area (Å²) < 4.78 is 10.8. The van der Waals surface area contributed by atoms with Crippen LogP contribution in [0.15, 0.2) is 77.4 Å². The lowest BCUT2D eigenvalue weighted by Crippen LogP contribution is -2.28. The van der Waals surface area contributed by atoms with E-state index in [1.54, 1.807) is 43.7 Å². The summed E-state index contributed by atoms with van der Waals surface area (Å²) in [5.74, 6) is 0.513. The Morgan fingerprint density at radius 3 is 2.69 bits per heavy atom. The lowest BCUT2D eigenvalue weighted by molar-refractivity contribution is -0.115. The molecule has 0 fully saturated rings. The van der Waals surface area contributed by atoms with Gasteiger partial charge in [0.2, 0.25) is 5.91 Å². The Labute approximate surface area is 185 Å². The molecule has 3 aromatic carbocycles. The number of ether oxygens (including phenoxy) is 1. The van der Waals surface area contributed by atoms with E-state index < -0.39 is 0 Å². The maximum atomic E-state index is 12.9. The Morgan fingerprint density at radius 2 is 1.88 bits per heavy atom. The van der Waals surface area contributed by atoms with E-state index in [2.05, 4.69) is 11.4 Å². The average Bonchev–Trinajstić information content (AvgIpc) is 3.43. The molecule has 5 rings (SSSR count). The number of nitrogens with one attached hydrogen (secondary N) is 1. The van der Waals surface area contributed by atoms with Crippen LogP contribution in [0.1, 0.15) is 21.5 Å². The van der Waals surface area contributed by atoms with Gasteiger partial charge in [-0.3, -0.25) is 9.59 Å². The van der Waals surface area contributed by atoms with E-state index >= 15 is 0 Å². The van der Waals surface area contributed by atoms with Crippen molar-refractivity contribution in [3.05, 3.63) is 89.7 Å². The van der Waals surface area contributed by atoms with Gasteiger partial charge in [0.25, 0.3) is 5.91 Å². The minimum Gasteiger partial charge on any atom is -0.497 e. The number of carbonyl (C=O) groups excluding carboxylic acids is 2. The molecule has 4 aromatic rings. The second-order valence-electron chi connectivity index (χ2n) is 7.76. The number of benzene rings is 3. The average molecular weight is 426 g/mol. The van der Waals surface area contributed by atoms with Gasteiger partial charge in [-0.1, -0.05) is 18.2 Å². The molecule has 160 valence electrons. The van der Waals surface area contributed by atoms with Gasteiger partial charge in [-0.25, -0.2) is 0 Å². The number of hydrogen-bond donors (Lipinski definition) is 1. The third-order valence-corrected chi connectivity index (χ3v) is 5.76. The first-order valence-corrected chi connectivity index (χ1v) is 10.5. The van der Waals surface area contributed by atoms with Crippen LogP contribution in [0.5, 0.6) is 5.75 Å². The highest BCUT2D eigenvalue weighted by Crippen LogP contribution is 2.29. The summed E-state index contributed by atoms with van der Waals surface area (Å²) in [4.78, 5) is 27.3. The molecule has 0 spiro atoms. The topological polar surface area (TPSA) is 71.8 Å². The van der Waals surface area contributed by atoms with Crippen molar-refractivity contribution in [1.82, 2.24) is 0 Å². The monoisotopic (exact) mass is 426 g/mol. The Balaban J connectivity index is 1.25. The zero-order chi connectivity index (χ0) is 22.1. The van der Waals surface area contributed by atoms with Crippen molar-refractivity contribution in [2.24, 2.45) is 0 Å². The van der Waals surface area contributed by atoms with E-state index in [4.69, 9.17) is 9.15 Å². The van der Waals surface area contributed by atoms with Crippen LogP contribution in [0.25, 0.3) is 11.0 Å². The molecule has 0 unspecified atom stereocenters. The Morgan fingerprint density at radius 1 is 1.06 bits per heavy atom. The fourth-order valence-corrected chi connectivity index (χ4v) is 4.11. The summed E-state index contributed by atoms with van der Waals surface area (Å²) >= 11 is 0. The highest BCUT2D eigenvalue weighted by atomic mass is 16.5. The molecule has 0 bridgehead atoms. The number of para-hydroxylation sites is 1. The van der Waals surface area contributed by atoms with Crippen molar-refractivity contribution in [3.8, 4) is 5.75 Å². The third kappa shape index (κ3) is 3.71. The number of rotatable bonds is 5. The molecule has 1 aromatic heterocycles. The number of anilines is 2. The summed E-state index contributed by atoms with van der Waals surface area (Å²) in [5.41, 5.74) is 4.88. The molecule has 6 nitrogen and oxygen atoms in total. The molecule has 0 radical (unpaired) electrons. The van der Waals surface area contributed by atoms with E-state index in [0.717, 1.165) is 23.1 Å². The summed E-state index contributed by atoms with van der Waals surface area (Å²) in [7, 11) is 1.60. The third-order valence-electron chi connectivity index (χ3n) is 5.76. The van der Waals surface area contributed by atoms with Gasteiger partial charge in [0.15, 0.2) is 0 Å². The molecule has 32 heavy (non-hydrogen) atoms. The number of hydrogen-bond acceptors (Lipinski definition) is 4. The summed E-state index contributed by atoms with van der Waals surface area (Å²) in [5, 5.41) is 3.77. The molecule has 1 aliphatic heterocycles. The van der Waals surface area contributed by atoms with Gasteiger partial charge in [-0.05, 0) is 54.4 Å². The maximum absolute atomic E-state index is 12.9. The zero-order valence-corrected chi connectivity index (χ0v) is 17.6. The van der Waals surface area contributed by atoms with Crippen LogP contribution < -0.4 is 15.0 Å². The van der Waals surface area contributed by atoms with Gasteiger partial charge >= 0.3 is 0 Å². The van der Waals surface area contributed by atoms with Crippen LogP contribution in [0.2, 0.25) is 0 Å². The van der Waals surface area contributed by atoms with Gasteiger partial charge in [0.1, 0.15) is 11.3 Å². The Kier molecular flexibility index (Phi) is 5.11. The molecule has 1 N–H and O–H groups in total. The molecule has 0 aliphatic carbocycles. The molecular formula is C26H22N2O4. The van der Waals surface area contributed by atoms with Crippen LogP contribution in [0.4, 0.5) is 11.4 Å². The number of carbonyl (C=O) groups is 2. The molecule has 6 heteroatoms. The van der Waals surface area contributed by atoms with E-state index in [-0.39, 0.29) is 18.2 Å². The first-order valence-electron chi connectivity index (χ1n) is 10.5. The molecule has 2 heterocycles. The molecule has 1 aliphatic rings. The zero-order valence-electron chi connectivity index (χ0n) is 17.6. The van der Waals surface area contributed by atoms with Gasteiger partial charge < -0.3 is 19.4 Å². The van der Waals surface area contributed by atoms with Gasteiger partial charge in [0.05, 0.1) is 19.8 Å². The van der Waals surface area contributed by atoms with Crippen molar-refractivity contribution in [3.63, 3.8) is 0 Å². The lowest BCUT2D eigenvalue weighted by Gasteiger charge is -2.17. The highest BCUT2D eigenvalue weighted by molar-refractivity contribution is 6.07. The minimum atomic E-state index is -0.156. The van der Waals surface area contributed by atoms with Gasteiger partial charge in [0, 0.05) is 40.5 Å². The predicted molar refractivity (Wildman–Crippen MR) is 123 cm³/mol. The van der Waals surface area contributed by atoms with E-state index in [0.29, 0.717) is 29.1 Å². The number of furan rings is 1. The molecule has 2 amide bonds. The van der Waals surface area contributed by atoms with Crippen LogP contribution >= 0.6 is 0 Å². The minimum absolute atomic E-state index is 0.0341. The van der Waals surface area contributed by atoms with Crippen LogP contribution in [-0.4, -0.2) is 25.5 Å². The maximum Gasteiger partial charge on any atom is 0.258 e. The summed E-state index contributed by atoms with van der Waals surface area (Å²) in [6.07, 6.45) is 2.65. The molecule has 0 saturated heterocycles. The molecule has 0 saturated carbocycles. The smallest absolute Gasteiger partial charge is 0.258 e. The first-order chi connectivity index (χ1) is 15.6. The molecule has 0 atom stereocenters. The predicted octanol–water partition coefficient (Wildman–Crippen LogP) is 4.83.